The van der Waals surface area contributed by atoms with Crippen molar-refractivity contribution >= 4 is 13.8 Å². The Morgan fingerprint density at radius 1 is 0.620 bits per heavy atom. The summed E-state index contributed by atoms with van der Waals surface area (Å²) in [4.78, 5) is 25.1. The molecule has 2 atom stereocenters. The van der Waals surface area contributed by atoms with E-state index in [1.165, 1.54) is 89.9 Å². The van der Waals surface area contributed by atoms with Crippen LogP contribution in [-0.2, 0) is 29.6 Å². The molecule has 0 spiro atoms. The molecule has 2 aromatic rings. The lowest BCUT2D eigenvalue weighted by Crippen LogP contribution is -2.32. The molecular weight excluding hydrogens is 649 g/mol. The van der Waals surface area contributed by atoms with Crippen LogP contribution in [0.1, 0.15) is 159 Å². The zero-order chi connectivity index (χ0) is 35.8. The highest BCUT2D eigenvalue weighted by Gasteiger charge is 2.20. The number of ether oxygens (including phenoxy) is 2. The maximum atomic E-state index is 12.7. The lowest BCUT2D eigenvalue weighted by Gasteiger charge is -2.25. The third kappa shape index (κ3) is 25.0. The summed E-state index contributed by atoms with van der Waals surface area (Å²) in [5.74, 6) is -0.547. The Bertz CT molecular complexity index is 1100. The van der Waals surface area contributed by atoms with Crippen molar-refractivity contribution in [1.82, 2.24) is 0 Å². The highest BCUT2D eigenvalue weighted by Crippen LogP contribution is 2.38. The van der Waals surface area contributed by atoms with Crippen molar-refractivity contribution in [2.45, 2.75) is 161 Å². The normalized spacial score (nSPS) is 13.2. The van der Waals surface area contributed by atoms with Crippen molar-refractivity contribution in [2.24, 2.45) is 0 Å². The van der Waals surface area contributed by atoms with Crippen LogP contribution < -0.4 is 9.46 Å². The predicted molar refractivity (Wildman–Crippen MR) is 200 cm³/mol. The number of rotatable bonds is 34. The van der Waals surface area contributed by atoms with E-state index in [1.54, 1.807) is 24.3 Å². The predicted octanol–water partition coefficient (Wildman–Crippen LogP) is 10.3. The van der Waals surface area contributed by atoms with Crippen LogP contribution in [0, 0.1) is 0 Å². The van der Waals surface area contributed by atoms with E-state index in [-0.39, 0.29) is 19.8 Å². The average Bonchev–Trinajstić information content (AvgIpc) is 3.13. The van der Waals surface area contributed by atoms with Crippen molar-refractivity contribution in [3.63, 3.8) is 0 Å². The maximum Gasteiger partial charge on any atom is 0.338 e. The van der Waals surface area contributed by atoms with Gasteiger partial charge in [-0.1, -0.05) is 147 Å². The van der Waals surface area contributed by atoms with Crippen molar-refractivity contribution in [3.05, 3.63) is 66.5 Å². The number of aromatic nitrogens is 1. The van der Waals surface area contributed by atoms with Gasteiger partial charge in [-0.15, -0.1) is 0 Å². The van der Waals surface area contributed by atoms with Crippen LogP contribution in [-0.4, -0.2) is 38.5 Å². The van der Waals surface area contributed by atoms with Crippen LogP contribution >= 0.6 is 7.82 Å². The standard InChI is InChI=1S/C41H68NO7P/c1-2-3-4-5-6-7-8-9-10-11-12-13-14-16-19-28-35-46-37-40(49-41(43)39-30-23-21-24-31-39)38-48-50(44,45)47-36-29-20-17-15-18-25-32-42-33-26-22-27-34-42/h21-24,26-27,30-31,33-34,40H,2-20,25,28-29,32,35-38H2,1H3. The average molecular weight is 718 g/mol. The van der Waals surface area contributed by atoms with Crippen molar-refractivity contribution in [1.29, 1.82) is 0 Å². The van der Waals surface area contributed by atoms with Crippen molar-refractivity contribution in [3.8, 4) is 0 Å². The molecule has 0 aliphatic heterocycles. The van der Waals surface area contributed by atoms with Gasteiger partial charge in [-0.25, -0.2) is 9.36 Å². The molecule has 0 bridgehead atoms. The second-order valence-corrected chi connectivity index (χ2v) is 15.0. The summed E-state index contributed by atoms with van der Waals surface area (Å²) in [6, 6.07) is 14.7. The molecule has 2 rings (SSSR count). The SMILES string of the molecule is CCCCCCCCCCCCCCCCCCOCC(COP(=O)([O-])OCCCCCCCC[n+]1ccccc1)OC(=O)c1ccccc1. The molecule has 0 aliphatic rings. The zero-order valence-corrected chi connectivity index (χ0v) is 32.1. The van der Waals surface area contributed by atoms with Gasteiger partial charge in [-0.05, 0) is 31.4 Å². The number of hydrogen-bond acceptors (Lipinski definition) is 7. The van der Waals surface area contributed by atoms with E-state index >= 15 is 0 Å². The van der Waals surface area contributed by atoms with E-state index in [9.17, 15) is 14.3 Å². The lowest BCUT2D eigenvalue weighted by molar-refractivity contribution is -0.697. The number of phosphoric acid groups is 1. The topological polar surface area (TPSA) is 98.0 Å². The smallest absolute Gasteiger partial charge is 0.338 e. The van der Waals surface area contributed by atoms with Crippen LogP contribution in [0.3, 0.4) is 0 Å². The number of carbonyl (C=O) groups excluding carboxylic acids is 1. The Labute approximate surface area is 304 Å². The molecule has 0 saturated carbocycles. The molecule has 9 heteroatoms. The second kappa shape index (κ2) is 30.5. The highest BCUT2D eigenvalue weighted by molar-refractivity contribution is 7.45. The summed E-state index contributed by atoms with van der Waals surface area (Å²) in [6.07, 6.45) is 30.0. The minimum atomic E-state index is -4.54. The molecule has 284 valence electrons. The number of benzene rings is 1. The van der Waals surface area contributed by atoms with Crippen molar-refractivity contribution in [2.75, 3.05) is 26.4 Å². The van der Waals surface area contributed by atoms with E-state index in [0.717, 1.165) is 51.5 Å². The molecule has 1 heterocycles. The first-order valence-corrected chi connectivity index (χ1v) is 21.3. The summed E-state index contributed by atoms with van der Waals surface area (Å²) in [7, 11) is -4.54. The molecule has 0 radical (unpaired) electrons. The maximum absolute atomic E-state index is 12.7. The Morgan fingerprint density at radius 2 is 1.10 bits per heavy atom. The summed E-state index contributed by atoms with van der Waals surface area (Å²) >= 11 is 0. The number of unbranched alkanes of at least 4 members (excludes halogenated alkanes) is 20. The van der Waals surface area contributed by atoms with E-state index < -0.39 is 19.9 Å². The quantitative estimate of drug-likeness (QED) is 0.0308. The summed E-state index contributed by atoms with van der Waals surface area (Å²) in [5, 5.41) is 0. The van der Waals surface area contributed by atoms with E-state index in [1.807, 2.05) is 24.3 Å². The van der Waals surface area contributed by atoms with Gasteiger partial charge in [0.05, 0.1) is 25.4 Å². The van der Waals surface area contributed by atoms with Gasteiger partial charge < -0.3 is 23.4 Å². The minimum absolute atomic E-state index is 0.0556. The Kier molecular flexibility index (Phi) is 26.9. The molecule has 1 aromatic carbocycles. The number of carbonyl (C=O) groups is 1. The molecule has 0 aliphatic carbocycles. The molecule has 1 aromatic heterocycles. The highest BCUT2D eigenvalue weighted by atomic mass is 31.2. The summed E-state index contributed by atoms with van der Waals surface area (Å²) < 4.78 is 36.2. The minimum Gasteiger partial charge on any atom is -0.756 e. The summed E-state index contributed by atoms with van der Waals surface area (Å²) in [6.45, 7) is 3.58. The molecule has 0 saturated heterocycles. The van der Waals surface area contributed by atoms with E-state index in [0.29, 0.717) is 18.6 Å². The van der Waals surface area contributed by atoms with Gasteiger partial charge in [0, 0.05) is 25.2 Å². The fourth-order valence-corrected chi connectivity index (χ4v) is 6.73. The third-order valence-corrected chi connectivity index (χ3v) is 9.95. The molecule has 0 N–H and O–H groups in total. The van der Waals surface area contributed by atoms with Gasteiger partial charge in [0.15, 0.2) is 12.4 Å². The second-order valence-electron chi connectivity index (χ2n) is 13.6. The van der Waals surface area contributed by atoms with Crippen LogP contribution in [0.2, 0.25) is 0 Å². The van der Waals surface area contributed by atoms with E-state index in [2.05, 4.69) is 23.9 Å². The Balaban J connectivity index is 1.53. The fraction of sp³-hybridized carbons (Fsp3) is 0.707. The van der Waals surface area contributed by atoms with Crippen LogP contribution in [0.4, 0.5) is 0 Å². The van der Waals surface area contributed by atoms with Gasteiger partial charge in [0.1, 0.15) is 12.6 Å². The molecule has 50 heavy (non-hydrogen) atoms. The van der Waals surface area contributed by atoms with Gasteiger partial charge in [-0.2, -0.15) is 0 Å². The first-order chi connectivity index (χ1) is 24.5. The first kappa shape index (κ1) is 44.1. The largest absolute Gasteiger partial charge is 0.756 e. The van der Waals surface area contributed by atoms with Crippen LogP contribution in [0.25, 0.3) is 0 Å². The zero-order valence-electron chi connectivity index (χ0n) is 31.2. The Hall–Kier alpha value is -2.09. The van der Waals surface area contributed by atoms with Gasteiger partial charge in [-0.3, -0.25) is 4.57 Å². The number of pyridine rings is 1. The van der Waals surface area contributed by atoms with Crippen LogP contribution in [0.5, 0.6) is 0 Å². The third-order valence-electron chi connectivity index (χ3n) is 8.99. The Morgan fingerprint density at radius 3 is 1.66 bits per heavy atom. The number of aryl methyl sites for hydroxylation is 1. The monoisotopic (exact) mass is 717 g/mol. The lowest BCUT2D eigenvalue weighted by atomic mass is 10.0. The van der Waals surface area contributed by atoms with Gasteiger partial charge in [0.25, 0.3) is 7.82 Å². The number of hydrogen-bond donors (Lipinski definition) is 0. The molecule has 8 nitrogen and oxygen atoms in total. The molecular formula is C41H68NO7P. The van der Waals surface area contributed by atoms with Gasteiger partial charge >= 0.3 is 5.97 Å². The van der Waals surface area contributed by atoms with Gasteiger partial charge in [0.2, 0.25) is 0 Å². The molecule has 2 unspecified atom stereocenters. The number of esters is 1. The summed E-state index contributed by atoms with van der Waals surface area (Å²) in [5.41, 5.74) is 0.385. The first-order valence-electron chi connectivity index (χ1n) is 19.9. The molecule has 0 amide bonds. The van der Waals surface area contributed by atoms with E-state index in [4.69, 9.17) is 18.5 Å². The fourth-order valence-electron chi connectivity index (χ4n) is 5.95. The number of phosphoric ester groups is 1. The molecule has 0 fully saturated rings. The van der Waals surface area contributed by atoms with Crippen LogP contribution in [0.15, 0.2) is 60.9 Å². The van der Waals surface area contributed by atoms with Crippen molar-refractivity contribution < 1.29 is 37.3 Å². The number of nitrogens with zero attached hydrogens (tertiary/aromatic N) is 1.